The van der Waals surface area contributed by atoms with Gasteiger partial charge in [0.1, 0.15) is 11.5 Å². The van der Waals surface area contributed by atoms with E-state index < -0.39 is 0 Å². The molecule has 0 spiro atoms. The van der Waals surface area contributed by atoms with E-state index in [1.165, 1.54) is 12.8 Å². The summed E-state index contributed by atoms with van der Waals surface area (Å²) in [6.07, 6.45) is 5.23. The van der Waals surface area contributed by atoms with Crippen LogP contribution in [0.2, 0.25) is 0 Å². The minimum Gasteiger partial charge on any atom is -0.463 e. The van der Waals surface area contributed by atoms with E-state index in [1.54, 1.807) is 0 Å². The summed E-state index contributed by atoms with van der Waals surface area (Å²) in [4.78, 5) is 13.9. The fraction of sp³-hybridized carbons (Fsp3) is 0.643. The number of rotatable bonds is 4. The molecule has 0 atom stereocenters. The van der Waals surface area contributed by atoms with Crippen LogP contribution in [-0.2, 0) is 17.9 Å². The van der Waals surface area contributed by atoms with Crippen LogP contribution in [0.15, 0.2) is 16.5 Å². The summed E-state index contributed by atoms with van der Waals surface area (Å²) in [5, 5.41) is 3.05. The molecule has 4 nitrogen and oxygen atoms in total. The SMILES string of the molecule is CNCc1ccc(CN2CCCCCCC2=O)o1. The van der Waals surface area contributed by atoms with Crippen LogP contribution in [0.3, 0.4) is 0 Å². The summed E-state index contributed by atoms with van der Waals surface area (Å²) in [5.41, 5.74) is 0. The maximum absolute atomic E-state index is 12.0. The Morgan fingerprint density at radius 3 is 2.83 bits per heavy atom. The van der Waals surface area contributed by atoms with Gasteiger partial charge in [0.05, 0.1) is 13.1 Å². The minimum atomic E-state index is 0.265. The molecule has 0 aliphatic carbocycles. The van der Waals surface area contributed by atoms with Crippen LogP contribution in [-0.4, -0.2) is 24.4 Å². The normalized spacial score (nSPS) is 17.6. The molecule has 4 heteroatoms. The molecule has 1 saturated heterocycles. The van der Waals surface area contributed by atoms with Gasteiger partial charge in [0, 0.05) is 13.0 Å². The van der Waals surface area contributed by atoms with Crippen molar-refractivity contribution in [1.29, 1.82) is 0 Å². The Balaban J connectivity index is 1.94. The van der Waals surface area contributed by atoms with Crippen molar-refractivity contribution in [2.45, 2.75) is 45.2 Å². The third-order valence-electron chi connectivity index (χ3n) is 3.34. The zero-order valence-corrected chi connectivity index (χ0v) is 11.1. The quantitative estimate of drug-likeness (QED) is 0.891. The Bertz CT molecular complexity index is 387. The summed E-state index contributed by atoms with van der Waals surface area (Å²) in [5.74, 6) is 2.07. The van der Waals surface area contributed by atoms with E-state index >= 15 is 0 Å². The molecule has 0 bridgehead atoms. The first-order valence-corrected chi connectivity index (χ1v) is 6.79. The van der Waals surface area contributed by atoms with Crippen LogP contribution >= 0.6 is 0 Å². The summed E-state index contributed by atoms with van der Waals surface area (Å²) >= 11 is 0. The maximum Gasteiger partial charge on any atom is 0.222 e. The minimum absolute atomic E-state index is 0.265. The van der Waals surface area contributed by atoms with Crippen molar-refractivity contribution in [3.8, 4) is 0 Å². The number of carbonyl (C=O) groups is 1. The third-order valence-corrected chi connectivity index (χ3v) is 3.34. The van der Waals surface area contributed by atoms with Crippen molar-refractivity contribution in [2.75, 3.05) is 13.6 Å². The average molecular weight is 250 g/mol. The number of amides is 1. The number of hydrogen-bond donors (Lipinski definition) is 1. The lowest BCUT2D eigenvalue weighted by Gasteiger charge is -2.23. The fourth-order valence-corrected chi connectivity index (χ4v) is 2.35. The summed E-state index contributed by atoms with van der Waals surface area (Å²) < 4.78 is 5.69. The number of nitrogens with one attached hydrogen (secondary N) is 1. The molecule has 100 valence electrons. The van der Waals surface area contributed by atoms with Crippen molar-refractivity contribution in [3.05, 3.63) is 23.7 Å². The molecule has 1 N–H and O–H groups in total. The Kier molecular flexibility index (Phi) is 4.81. The van der Waals surface area contributed by atoms with Crippen LogP contribution in [0.4, 0.5) is 0 Å². The van der Waals surface area contributed by atoms with Gasteiger partial charge in [-0.15, -0.1) is 0 Å². The molecule has 1 aromatic heterocycles. The second-order valence-electron chi connectivity index (χ2n) is 4.88. The van der Waals surface area contributed by atoms with Gasteiger partial charge in [0.15, 0.2) is 0 Å². The van der Waals surface area contributed by atoms with E-state index in [-0.39, 0.29) is 5.91 Å². The summed E-state index contributed by atoms with van der Waals surface area (Å²) in [6, 6.07) is 3.94. The van der Waals surface area contributed by atoms with Crippen molar-refractivity contribution in [2.24, 2.45) is 0 Å². The molecule has 1 fully saturated rings. The van der Waals surface area contributed by atoms with E-state index in [4.69, 9.17) is 4.42 Å². The van der Waals surface area contributed by atoms with Crippen LogP contribution in [0.1, 0.15) is 43.6 Å². The number of hydrogen-bond acceptors (Lipinski definition) is 3. The Labute approximate surface area is 108 Å². The lowest BCUT2D eigenvalue weighted by atomic mass is 10.1. The van der Waals surface area contributed by atoms with Gasteiger partial charge in [0.25, 0.3) is 0 Å². The molecule has 0 radical (unpaired) electrons. The van der Waals surface area contributed by atoms with Gasteiger partial charge in [-0.1, -0.05) is 12.8 Å². The highest BCUT2D eigenvalue weighted by Gasteiger charge is 2.17. The number of furan rings is 1. The lowest BCUT2D eigenvalue weighted by Crippen LogP contribution is -2.32. The summed E-state index contributed by atoms with van der Waals surface area (Å²) in [7, 11) is 1.89. The highest BCUT2D eigenvalue weighted by atomic mass is 16.3. The molecule has 1 aliphatic heterocycles. The van der Waals surface area contributed by atoms with Gasteiger partial charge < -0.3 is 14.6 Å². The van der Waals surface area contributed by atoms with E-state index in [2.05, 4.69) is 5.32 Å². The van der Waals surface area contributed by atoms with Gasteiger partial charge >= 0.3 is 0 Å². The van der Waals surface area contributed by atoms with Gasteiger partial charge in [0.2, 0.25) is 5.91 Å². The first-order chi connectivity index (χ1) is 8.79. The summed E-state index contributed by atoms with van der Waals surface area (Å²) in [6.45, 7) is 2.21. The fourth-order valence-electron chi connectivity index (χ4n) is 2.35. The molecular formula is C14H22N2O2. The Hall–Kier alpha value is -1.29. The number of nitrogens with zero attached hydrogens (tertiary/aromatic N) is 1. The Morgan fingerprint density at radius 2 is 2.00 bits per heavy atom. The third kappa shape index (κ3) is 3.60. The van der Waals surface area contributed by atoms with Crippen LogP contribution in [0, 0.1) is 0 Å². The van der Waals surface area contributed by atoms with Gasteiger partial charge in [-0.25, -0.2) is 0 Å². The van der Waals surface area contributed by atoms with Crippen molar-refractivity contribution < 1.29 is 9.21 Å². The molecule has 2 rings (SSSR count). The topological polar surface area (TPSA) is 45.5 Å². The van der Waals surface area contributed by atoms with Gasteiger partial charge in [-0.2, -0.15) is 0 Å². The molecule has 2 heterocycles. The molecule has 1 aromatic rings. The smallest absolute Gasteiger partial charge is 0.222 e. The number of likely N-dealkylation sites (tertiary alicyclic amines) is 1. The predicted molar refractivity (Wildman–Crippen MR) is 70.0 cm³/mol. The van der Waals surface area contributed by atoms with Crippen molar-refractivity contribution in [1.82, 2.24) is 10.2 Å². The molecule has 0 aromatic carbocycles. The van der Waals surface area contributed by atoms with E-state index in [0.29, 0.717) is 13.0 Å². The maximum atomic E-state index is 12.0. The molecule has 0 saturated carbocycles. The first-order valence-electron chi connectivity index (χ1n) is 6.79. The number of carbonyl (C=O) groups excluding carboxylic acids is 1. The second-order valence-corrected chi connectivity index (χ2v) is 4.88. The van der Waals surface area contributed by atoms with E-state index in [1.807, 2.05) is 24.1 Å². The first kappa shape index (κ1) is 13.1. The van der Waals surface area contributed by atoms with E-state index in [0.717, 1.165) is 37.5 Å². The molecule has 18 heavy (non-hydrogen) atoms. The largest absolute Gasteiger partial charge is 0.463 e. The molecular weight excluding hydrogens is 228 g/mol. The zero-order valence-electron chi connectivity index (χ0n) is 11.1. The molecule has 0 unspecified atom stereocenters. The lowest BCUT2D eigenvalue weighted by molar-refractivity contribution is -0.132. The van der Waals surface area contributed by atoms with Crippen molar-refractivity contribution in [3.63, 3.8) is 0 Å². The van der Waals surface area contributed by atoms with Crippen LogP contribution < -0.4 is 5.32 Å². The highest BCUT2D eigenvalue weighted by molar-refractivity contribution is 5.76. The average Bonchev–Trinajstić information content (AvgIpc) is 2.77. The molecule has 1 aliphatic rings. The Morgan fingerprint density at radius 1 is 1.22 bits per heavy atom. The predicted octanol–water partition coefficient (Wildman–Crippen LogP) is 2.29. The second kappa shape index (κ2) is 6.59. The van der Waals surface area contributed by atoms with E-state index in [9.17, 15) is 4.79 Å². The molecule has 1 amide bonds. The van der Waals surface area contributed by atoms with Gasteiger partial charge in [-0.3, -0.25) is 4.79 Å². The van der Waals surface area contributed by atoms with Crippen molar-refractivity contribution >= 4 is 5.91 Å². The highest BCUT2D eigenvalue weighted by Crippen LogP contribution is 2.16. The monoisotopic (exact) mass is 250 g/mol. The van der Waals surface area contributed by atoms with Crippen LogP contribution in [0.25, 0.3) is 0 Å². The van der Waals surface area contributed by atoms with Crippen LogP contribution in [0.5, 0.6) is 0 Å². The zero-order chi connectivity index (χ0) is 12.8. The standard InChI is InChI=1S/C14H22N2O2/c1-15-10-12-7-8-13(18-12)11-16-9-5-3-2-4-6-14(16)17/h7-8,15H,2-6,9-11H2,1H3. The van der Waals surface area contributed by atoms with Gasteiger partial charge in [-0.05, 0) is 32.0 Å².